The molecule has 2 aliphatic carbocycles. The van der Waals surface area contributed by atoms with Crippen LogP contribution in [0.3, 0.4) is 0 Å². The Morgan fingerprint density at radius 2 is 1.05 bits per heavy atom. The molecule has 2 N–H and O–H groups in total. The van der Waals surface area contributed by atoms with Gasteiger partial charge in [-0.2, -0.15) is 0 Å². The van der Waals surface area contributed by atoms with Crippen LogP contribution in [0, 0.1) is 0 Å². The van der Waals surface area contributed by atoms with Gasteiger partial charge in [-0.05, 0) is 68.1 Å². The molecule has 0 aromatic heterocycles. The van der Waals surface area contributed by atoms with Crippen LogP contribution in [0.15, 0.2) is 48.5 Å². The normalized spacial score (nSPS) is 18.7. The van der Waals surface area contributed by atoms with E-state index in [4.69, 9.17) is 18.9 Å². The third-order valence-corrected chi connectivity index (χ3v) is 9.33. The summed E-state index contributed by atoms with van der Waals surface area (Å²) >= 11 is 0. The van der Waals surface area contributed by atoms with E-state index >= 15 is 0 Å². The smallest absolute Gasteiger partial charge is 0.207 e. The average Bonchev–Trinajstić information content (AvgIpc) is 3.05. The first-order valence-electron chi connectivity index (χ1n) is 15.2. The number of ether oxygens (including phenoxy) is 4. The van der Waals surface area contributed by atoms with E-state index in [2.05, 4.69) is 34.9 Å². The number of carbonyl (C=O) groups is 1. The summed E-state index contributed by atoms with van der Waals surface area (Å²) in [6.07, 6.45) is 12.7. The van der Waals surface area contributed by atoms with E-state index in [0.717, 1.165) is 50.1 Å². The van der Waals surface area contributed by atoms with Crippen LogP contribution < -0.4 is 20.1 Å². The molecule has 0 radical (unpaired) electrons. The van der Waals surface area contributed by atoms with Gasteiger partial charge in [0.25, 0.3) is 0 Å². The molecule has 42 heavy (non-hydrogen) atoms. The highest BCUT2D eigenvalue weighted by Gasteiger charge is 2.41. The lowest BCUT2D eigenvalue weighted by Crippen LogP contribution is -2.44. The summed E-state index contributed by atoms with van der Waals surface area (Å²) in [5.41, 5.74) is 2.33. The van der Waals surface area contributed by atoms with Crippen molar-refractivity contribution in [2.24, 2.45) is 0 Å². The van der Waals surface area contributed by atoms with Crippen LogP contribution >= 0.6 is 0 Å². The van der Waals surface area contributed by atoms with Crippen molar-refractivity contribution in [3.8, 4) is 11.5 Å². The lowest BCUT2D eigenvalue weighted by molar-refractivity contribution is -0.110. The molecule has 0 heterocycles. The lowest BCUT2D eigenvalue weighted by atomic mass is 9.72. The van der Waals surface area contributed by atoms with Crippen LogP contribution in [-0.4, -0.2) is 66.2 Å². The number of carbonyl (C=O) groups excluding carboxylic acids is 1. The van der Waals surface area contributed by atoms with Gasteiger partial charge in [0.1, 0.15) is 11.5 Å². The Balaban J connectivity index is 0.000000287. The van der Waals surface area contributed by atoms with Crippen LogP contribution in [-0.2, 0) is 14.3 Å². The highest BCUT2D eigenvalue weighted by atomic mass is 16.5. The zero-order valence-electron chi connectivity index (χ0n) is 25.9. The zero-order chi connectivity index (χ0) is 29.6. The molecule has 0 bridgehead atoms. The molecule has 0 spiro atoms. The average molecular weight is 585 g/mol. The maximum Gasteiger partial charge on any atom is 0.207 e. The Kier molecular flexibility index (Phi) is 15.4. The van der Waals surface area contributed by atoms with Crippen LogP contribution in [0.5, 0.6) is 11.5 Å². The van der Waals surface area contributed by atoms with Crippen molar-refractivity contribution in [2.75, 3.05) is 48.6 Å². The number of hydrogen-bond donors (Lipinski definition) is 2. The van der Waals surface area contributed by atoms with Gasteiger partial charge < -0.3 is 29.6 Å². The number of benzene rings is 2. The van der Waals surface area contributed by atoms with E-state index in [1.165, 1.54) is 49.7 Å². The minimum absolute atomic E-state index is 0. The fourth-order valence-corrected chi connectivity index (χ4v) is 6.95. The highest BCUT2D eigenvalue weighted by molar-refractivity contribution is 5.46. The SMILES string of the molecule is C.CNCC(c1ccc(OC)cc1)C1(OC)CCCCC1.COc1ccc(C(CNC=O)C2(OC)CCCCC2)cc1. The first kappa shape index (κ1) is 35.6. The summed E-state index contributed by atoms with van der Waals surface area (Å²) in [6.45, 7) is 1.55. The highest BCUT2D eigenvalue weighted by Crippen LogP contribution is 2.43. The fourth-order valence-electron chi connectivity index (χ4n) is 6.95. The molecule has 236 valence electrons. The molecule has 7 heteroatoms. The number of methoxy groups -OCH3 is 4. The molecule has 4 rings (SSSR count). The summed E-state index contributed by atoms with van der Waals surface area (Å²) < 4.78 is 22.5. The molecule has 2 atom stereocenters. The number of likely N-dealkylation sites (N-methyl/N-ethyl adjacent to an activating group) is 1. The Bertz CT molecular complexity index is 999. The molecular weight excluding hydrogens is 528 g/mol. The summed E-state index contributed by atoms with van der Waals surface area (Å²) in [5, 5.41) is 6.18. The number of nitrogens with one attached hydrogen (secondary N) is 2. The Hall–Kier alpha value is -2.61. The van der Waals surface area contributed by atoms with Gasteiger partial charge in [0.05, 0.1) is 25.4 Å². The second kappa shape index (κ2) is 18.1. The Labute approximate surface area is 255 Å². The first-order valence-corrected chi connectivity index (χ1v) is 15.2. The van der Waals surface area contributed by atoms with Gasteiger partial charge in [0.2, 0.25) is 6.41 Å². The van der Waals surface area contributed by atoms with Gasteiger partial charge in [0.15, 0.2) is 0 Å². The number of hydrogen-bond acceptors (Lipinski definition) is 6. The van der Waals surface area contributed by atoms with E-state index in [0.29, 0.717) is 12.5 Å². The minimum Gasteiger partial charge on any atom is -0.497 e. The predicted molar refractivity (Wildman–Crippen MR) is 172 cm³/mol. The van der Waals surface area contributed by atoms with Crippen molar-refractivity contribution in [3.05, 3.63) is 59.7 Å². The van der Waals surface area contributed by atoms with E-state index in [-0.39, 0.29) is 24.5 Å². The van der Waals surface area contributed by atoms with Crippen molar-refractivity contribution in [3.63, 3.8) is 0 Å². The van der Waals surface area contributed by atoms with Gasteiger partial charge >= 0.3 is 0 Å². The molecule has 2 aromatic rings. The van der Waals surface area contributed by atoms with Crippen LogP contribution in [0.25, 0.3) is 0 Å². The monoisotopic (exact) mass is 584 g/mol. The molecule has 2 saturated carbocycles. The van der Waals surface area contributed by atoms with Crippen LogP contribution in [0.4, 0.5) is 0 Å². The van der Waals surface area contributed by atoms with E-state index in [9.17, 15) is 4.79 Å². The maximum absolute atomic E-state index is 10.7. The molecule has 1 amide bonds. The van der Waals surface area contributed by atoms with Crippen molar-refractivity contribution in [1.82, 2.24) is 10.6 Å². The Morgan fingerprint density at radius 3 is 1.36 bits per heavy atom. The second-order valence-electron chi connectivity index (χ2n) is 11.4. The molecule has 0 saturated heterocycles. The fraction of sp³-hybridized carbons (Fsp3) is 0.629. The number of rotatable bonds is 13. The second-order valence-corrected chi connectivity index (χ2v) is 11.4. The predicted octanol–water partition coefficient (Wildman–Crippen LogP) is 6.86. The third kappa shape index (κ3) is 8.95. The lowest BCUT2D eigenvalue weighted by Gasteiger charge is -2.43. The van der Waals surface area contributed by atoms with E-state index in [1.807, 2.05) is 38.4 Å². The van der Waals surface area contributed by atoms with Gasteiger partial charge in [-0.1, -0.05) is 70.2 Å². The van der Waals surface area contributed by atoms with E-state index < -0.39 is 0 Å². The summed E-state index contributed by atoms with van der Waals surface area (Å²) in [7, 11) is 9.05. The topological polar surface area (TPSA) is 78.0 Å². The summed E-state index contributed by atoms with van der Waals surface area (Å²) in [5.74, 6) is 2.31. The largest absolute Gasteiger partial charge is 0.497 e. The van der Waals surface area contributed by atoms with Crippen molar-refractivity contribution < 1.29 is 23.7 Å². The summed E-state index contributed by atoms with van der Waals surface area (Å²) in [4.78, 5) is 10.7. The summed E-state index contributed by atoms with van der Waals surface area (Å²) in [6, 6.07) is 16.5. The van der Waals surface area contributed by atoms with Crippen LogP contribution in [0.1, 0.15) is 94.6 Å². The quantitative estimate of drug-likeness (QED) is 0.251. The van der Waals surface area contributed by atoms with Crippen molar-refractivity contribution >= 4 is 6.41 Å². The zero-order valence-corrected chi connectivity index (χ0v) is 25.9. The Morgan fingerprint density at radius 1 is 0.667 bits per heavy atom. The first-order chi connectivity index (χ1) is 20.0. The van der Waals surface area contributed by atoms with Gasteiger partial charge in [-0.15, -0.1) is 0 Å². The molecule has 2 unspecified atom stereocenters. The van der Waals surface area contributed by atoms with Gasteiger partial charge in [-0.25, -0.2) is 0 Å². The molecule has 2 aliphatic rings. The molecule has 2 aromatic carbocycles. The minimum atomic E-state index is -0.178. The van der Waals surface area contributed by atoms with Crippen molar-refractivity contribution in [1.29, 1.82) is 0 Å². The third-order valence-electron chi connectivity index (χ3n) is 9.33. The van der Waals surface area contributed by atoms with Crippen LogP contribution in [0.2, 0.25) is 0 Å². The maximum atomic E-state index is 10.7. The van der Waals surface area contributed by atoms with Gasteiger partial charge in [0, 0.05) is 39.1 Å². The van der Waals surface area contributed by atoms with Crippen molar-refractivity contribution in [2.45, 2.75) is 94.7 Å². The van der Waals surface area contributed by atoms with E-state index in [1.54, 1.807) is 21.3 Å². The molecule has 2 fully saturated rings. The standard InChI is InChI=1S/C17H25NO3.C17H27NO2.CH4/c1-20-15-8-6-14(7-9-15)16(12-18-13-19)17(21-2)10-4-3-5-11-17;1-18-13-16(14-7-9-15(19-2)10-8-14)17(20-3)11-5-4-6-12-17;/h6-9,13,16H,3-5,10-12H2,1-2H3,(H,18,19);7-10,16,18H,4-6,11-13H2,1-3H3;1H4. The number of amides is 1. The van der Waals surface area contributed by atoms with Gasteiger partial charge in [-0.3, -0.25) is 4.79 Å². The molecular formula is C35H56N2O5. The molecule has 7 nitrogen and oxygen atoms in total. The molecule has 0 aliphatic heterocycles.